The first-order valence-corrected chi connectivity index (χ1v) is 5.88. The van der Waals surface area contributed by atoms with Crippen LogP contribution in [0.4, 0.5) is 0 Å². The van der Waals surface area contributed by atoms with Crippen molar-refractivity contribution < 1.29 is 13.2 Å². The van der Waals surface area contributed by atoms with Gasteiger partial charge in [-0.05, 0) is 24.3 Å². The summed E-state index contributed by atoms with van der Waals surface area (Å²) in [4.78, 5) is 0.388. The molecule has 0 saturated heterocycles. The molecule has 3 aromatic rings. The van der Waals surface area contributed by atoms with Crippen LogP contribution in [0.5, 0.6) is 0 Å². The van der Waals surface area contributed by atoms with Gasteiger partial charge in [-0.15, -0.1) is 0 Å². The molecular weight excluding hydrogens is 224 g/mol. The molecule has 0 aliphatic carbocycles. The fraction of sp³-hybridized carbons (Fsp3) is 0. The zero-order valence-corrected chi connectivity index (χ0v) is 9.03. The average molecular weight is 232 g/mol. The molecule has 1 N–H and O–H groups in total. The van der Waals surface area contributed by atoms with Crippen LogP contribution in [-0.2, 0) is 11.1 Å². The SMILES string of the molecule is O=S(O)c1ccc2oc3ccccc3c2c1. The normalized spacial score (nSPS) is 13.3. The minimum atomic E-state index is -1.95. The fourth-order valence-corrected chi connectivity index (χ4v) is 2.22. The van der Waals surface area contributed by atoms with Gasteiger partial charge >= 0.3 is 0 Å². The Morgan fingerprint density at radius 3 is 2.56 bits per heavy atom. The molecular formula is C12H8O3S. The average Bonchev–Trinajstić information content (AvgIpc) is 2.66. The van der Waals surface area contributed by atoms with Crippen molar-refractivity contribution in [1.82, 2.24) is 0 Å². The monoisotopic (exact) mass is 232 g/mol. The molecule has 2 aromatic carbocycles. The molecule has 4 heteroatoms. The predicted molar refractivity (Wildman–Crippen MR) is 62.8 cm³/mol. The molecule has 0 amide bonds. The second-order valence-corrected chi connectivity index (χ2v) is 4.48. The Labute approximate surface area is 94.0 Å². The molecule has 1 aromatic heterocycles. The molecule has 16 heavy (non-hydrogen) atoms. The second kappa shape index (κ2) is 3.43. The van der Waals surface area contributed by atoms with Crippen molar-refractivity contribution >= 4 is 33.0 Å². The smallest absolute Gasteiger partial charge is 0.186 e. The standard InChI is InChI=1S/C12H8O3S/c13-16(14)8-5-6-12-10(7-8)9-3-1-2-4-11(9)15-12/h1-7H,(H,13,14). The van der Waals surface area contributed by atoms with Gasteiger partial charge in [-0.3, -0.25) is 0 Å². The van der Waals surface area contributed by atoms with E-state index in [-0.39, 0.29) is 0 Å². The van der Waals surface area contributed by atoms with E-state index in [0.717, 1.165) is 21.9 Å². The zero-order valence-electron chi connectivity index (χ0n) is 8.21. The van der Waals surface area contributed by atoms with E-state index in [0.29, 0.717) is 4.90 Å². The van der Waals surface area contributed by atoms with Gasteiger partial charge in [-0.25, -0.2) is 4.21 Å². The Balaban J connectivity index is 2.44. The van der Waals surface area contributed by atoms with Crippen LogP contribution in [0.3, 0.4) is 0 Å². The lowest BCUT2D eigenvalue weighted by atomic mass is 10.1. The molecule has 3 rings (SSSR count). The molecule has 1 unspecified atom stereocenters. The number of para-hydroxylation sites is 1. The summed E-state index contributed by atoms with van der Waals surface area (Å²) in [5.74, 6) is 0. The van der Waals surface area contributed by atoms with Gasteiger partial charge in [0.2, 0.25) is 0 Å². The number of fused-ring (bicyclic) bond motifs is 3. The number of hydrogen-bond acceptors (Lipinski definition) is 2. The van der Waals surface area contributed by atoms with Gasteiger partial charge in [0, 0.05) is 10.8 Å². The molecule has 0 bridgehead atoms. The third-order valence-corrected chi connectivity index (χ3v) is 3.21. The van der Waals surface area contributed by atoms with Gasteiger partial charge in [-0.1, -0.05) is 18.2 Å². The quantitative estimate of drug-likeness (QED) is 0.655. The van der Waals surface area contributed by atoms with Crippen LogP contribution in [-0.4, -0.2) is 8.76 Å². The third-order valence-electron chi connectivity index (χ3n) is 2.55. The van der Waals surface area contributed by atoms with Crippen molar-refractivity contribution in [3.8, 4) is 0 Å². The van der Waals surface area contributed by atoms with Crippen molar-refractivity contribution in [2.24, 2.45) is 0 Å². The molecule has 1 heterocycles. The van der Waals surface area contributed by atoms with Crippen LogP contribution >= 0.6 is 0 Å². The predicted octanol–water partition coefficient (Wildman–Crippen LogP) is 3.17. The lowest BCUT2D eigenvalue weighted by Gasteiger charge is -1.94. The third kappa shape index (κ3) is 1.35. The summed E-state index contributed by atoms with van der Waals surface area (Å²) in [5.41, 5.74) is 1.52. The summed E-state index contributed by atoms with van der Waals surface area (Å²) >= 11 is -1.95. The van der Waals surface area contributed by atoms with E-state index in [2.05, 4.69) is 0 Å². The summed E-state index contributed by atoms with van der Waals surface area (Å²) in [5, 5.41) is 1.83. The van der Waals surface area contributed by atoms with E-state index in [1.807, 2.05) is 24.3 Å². The van der Waals surface area contributed by atoms with E-state index in [1.54, 1.807) is 18.2 Å². The van der Waals surface area contributed by atoms with Gasteiger partial charge in [0.05, 0.1) is 4.90 Å². The van der Waals surface area contributed by atoms with Gasteiger partial charge < -0.3 is 8.97 Å². The molecule has 0 aliphatic heterocycles. The van der Waals surface area contributed by atoms with Crippen LogP contribution in [0.15, 0.2) is 51.8 Å². The molecule has 0 fully saturated rings. The summed E-state index contributed by atoms with van der Waals surface area (Å²) in [7, 11) is 0. The highest BCUT2D eigenvalue weighted by Gasteiger charge is 2.08. The Hall–Kier alpha value is -1.65. The van der Waals surface area contributed by atoms with E-state index in [4.69, 9.17) is 8.97 Å². The molecule has 0 aliphatic rings. The topological polar surface area (TPSA) is 50.4 Å². The molecule has 80 valence electrons. The van der Waals surface area contributed by atoms with Crippen molar-refractivity contribution in [3.05, 3.63) is 42.5 Å². The Bertz CT molecular complexity index is 700. The van der Waals surface area contributed by atoms with Gasteiger partial charge in [0.15, 0.2) is 11.1 Å². The van der Waals surface area contributed by atoms with Gasteiger partial charge in [0.1, 0.15) is 11.2 Å². The Morgan fingerprint density at radius 1 is 1.00 bits per heavy atom. The van der Waals surface area contributed by atoms with Gasteiger partial charge in [0.25, 0.3) is 0 Å². The van der Waals surface area contributed by atoms with Crippen LogP contribution < -0.4 is 0 Å². The Kier molecular flexibility index (Phi) is 2.05. The first kappa shape index (κ1) is 9.57. The van der Waals surface area contributed by atoms with E-state index in [9.17, 15) is 4.21 Å². The lowest BCUT2D eigenvalue weighted by Crippen LogP contribution is -1.86. The maximum absolute atomic E-state index is 11.0. The van der Waals surface area contributed by atoms with Crippen molar-refractivity contribution in [2.45, 2.75) is 4.90 Å². The van der Waals surface area contributed by atoms with Gasteiger partial charge in [-0.2, -0.15) is 0 Å². The van der Waals surface area contributed by atoms with Crippen molar-refractivity contribution in [2.75, 3.05) is 0 Å². The summed E-state index contributed by atoms with van der Waals surface area (Å²) < 4.78 is 25.6. The molecule has 0 radical (unpaired) electrons. The maximum Gasteiger partial charge on any atom is 0.186 e. The number of rotatable bonds is 1. The highest BCUT2D eigenvalue weighted by atomic mass is 32.2. The minimum absolute atomic E-state index is 0.388. The molecule has 0 saturated carbocycles. The molecule has 3 nitrogen and oxygen atoms in total. The summed E-state index contributed by atoms with van der Waals surface area (Å²) in [6.07, 6.45) is 0. The maximum atomic E-state index is 11.0. The fourth-order valence-electron chi connectivity index (χ4n) is 1.81. The zero-order chi connectivity index (χ0) is 11.1. The first-order chi connectivity index (χ1) is 7.75. The molecule has 0 spiro atoms. The highest BCUT2D eigenvalue weighted by molar-refractivity contribution is 7.79. The molecule has 1 atom stereocenters. The van der Waals surface area contributed by atoms with E-state index >= 15 is 0 Å². The minimum Gasteiger partial charge on any atom is -0.456 e. The summed E-state index contributed by atoms with van der Waals surface area (Å²) in [6.45, 7) is 0. The number of hydrogen-bond donors (Lipinski definition) is 1. The Morgan fingerprint density at radius 2 is 1.75 bits per heavy atom. The van der Waals surface area contributed by atoms with E-state index in [1.165, 1.54) is 0 Å². The van der Waals surface area contributed by atoms with Crippen LogP contribution in [0.2, 0.25) is 0 Å². The largest absolute Gasteiger partial charge is 0.456 e. The second-order valence-electron chi connectivity index (χ2n) is 3.51. The highest BCUT2D eigenvalue weighted by Crippen LogP contribution is 2.29. The lowest BCUT2D eigenvalue weighted by molar-refractivity contribution is 0.564. The van der Waals surface area contributed by atoms with Crippen LogP contribution in [0, 0.1) is 0 Å². The number of furan rings is 1. The summed E-state index contributed by atoms with van der Waals surface area (Å²) in [6, 6.07) is 12.6. The van der Waals surface area contributed by atoms with E-state index < -0.39 is 11.1 Å². The first-order valence-electron chi connectivity index (χ1n) is 4.78. The van der Waals surface area contributed by atoms with Crippen LogP contribution in [0.25, 0.3) is 21.9 Å². The van der Waals surface area contributed by atoms with Crippen molar-refractivity contribution in [1.29, 1.82) is 0 Å². The number of benzene rings is 2. The van der Waals surface area contributed by atoms with Crippen LogP contribution in [0.1, 0.15) is 0 Å². The van der Waals surface area contributed by atoms with Crippen molar-refractivity contribution in [3.63, 3.8) is 0 Å².